The molecule has 1 aromatic carbocycles. The Balaban J connectivity index is 2.21. The van der Waals surface area contributed by atoms with Gasteiger partial charge >= 0.3 is 0 Å². The second kappa shape index (κ2) is 3.63. The summed E-state index contributed by atoms with van der Waals surface area (Å²) in [6.07, 6.45) is 1.66. The normalized spacial score (nSPS) is 16.9. The van der Waals surface area contributed by atoms with E-state index in [1.807, 2.05) is 6.92 Å². The molecule has 1 amide bonds. The van der Waals surface area contributed by atoms with E-state index in [0.717, 1.165) is 25.0 Å². The van der Waals surface area contributed by atoms with Crippen molar-refractivity contribution in [1.29, 1.82) is 0 Å². The van der Waals surface area contributed by atoms with Crippen molar-refractivity contribution < 1.29 is 14.3 Å². The standard InChI is InChI=1S/C11H11ClFNO2/c1-11(2-3-11)10(16)14-8-5-7(13)9(15)4-6(8)12/h4-5,15H,2-3H2,1H3,(H,14,16). The number of phenols is 1. The van der Waals surface area contributed by atoms with Crippen LogP contribution in [0.25, 0.3) is 0 Å². The predicted octanol–water partition coefficient (Wildman–Crippen LogP) is 2.92. The molecule has 1 saturated carbocycles. The zero-order chi connectivity index (χ0) is 11.9. The lowest BCUT2D eigenvalue weighted by Crippen LogP contribution is -2.21. The van der Waals surface area contributed by atoms with Crippen LogP contribution in [0, 0.1) is 11.2 Å². The van der Waals surface area contributed by atoms with E-state index in [4.69, 9.17) is 16.7 Å². The van der Waals surface area contributed by atoms with Gasteiger partial charge in [0.05, 0.1) is 10.7 Å². The van der Waals surface area contributed by atoms with Crippen LogP contribution in [0.1, 0.15) is 19.8 Å². The summed E-state index contributed by atoms with van der Waals surface area (Å²) in [5.41, 5.74) is -0.160. The molecule has 1 aliphatic carbocycles. The van der Waals surface area contributed by atoms with Gasteiger partial charge in [0.15, 0.2) is 11.6 Å². The maximum atomic E-state index is 13.1. The lowest BCUT2D eigenvalue weighted by Gasteiger charge is -2.11. The van der Waals surface area contributed by atoms with E-state index < -0.39 is 11.6 Å². The number of phenolic OH excluding ortho intramolecular Hbond substituents is 1. The largest absolute Gasteiger partial charge is 0.505 e. The molecule has 0 heterocycles. The van der Waals surface area contributed by atoms with Crippen molar-refractivity contribution in [2.45, 2.75) is 19.8 Å². The first kappa shape index (κ1) is 11.2. The van der Waals surface area contributed by atoms with Gasteiger partial charge in [0.2, 0.25) is 5.91 Å². The van der Waals surface area contributed by atoms with E-state index in [-0.39, 0.29) is 22.0 Å². The quantitative estimate of drug-likeness (QED) is 0.785. The Morgan fingerprint density at radius 1 is 1.56 bits per heavy atom. The van der Waals surface area contributed by atoms with Gasteiger partial charge in [-0.2, -0.15) is 0 Å². The number of halogens is 2. The smallest absolute Gasteiger partial charge is 0.230 e. The fraction of sp³-hybridized carbons (Fsp3) is 0.364. The van der Waals surface area contributed by atoms with Gasteiger partial charge in [0, 0.05) is 17.5 Å². The Bertz CT molecular complexity index is 458. The maximum absolute atomic E-state index is 13.1. The van der Waals surface area contributed by atoms with Crippen molar-refractivity contribution in [3.8, 4) is 5.75 Å². The average molecular weight is 244 g/mol. The van der Waals surface area contributed by atoms with Gasteiger partial charge in [-0.05, 0) is 12.8 Å². The van der Waals surface area contributed by atoms with Gasteiger partial charge in [-0.3, -0.25) is 4.79 Å². The molecule has 86 valence electrons. The molecule has 3 nitrogen and oxygen atoms in total. The summed E-state index contributed by atoms with van der Waals surface area (Å²) in [6.45, 7) is 1.84. The molecule has 2 N–H and O–H groups in total. The summed E-state index contributed by atoms with van der Waals surface area (Å²) in [5, 5.41) is 11.7. The first-order chi connectivity index (χ1) is 7.42. The van der Waals surface area contributed by atoms with Crippen molar-refractivity contribution in [3.63, 3.8) is 0 Å². The number of carbonyl (C=O) groups is 1. The molecule has 2 rings (SSSR count). The Kier molecular flexibility index (Phi) is 2.54. The number of rotatable bonds is 2. The highest BCUT2D eigenvalue weighted by atomic mass is 35.5. The van der Waals surface area contributed by atoms with Crippen LogP contribution in [0.15, 0.2) is 12.1 Å². The van der Waals surface area contributed by atoms with Crippen LogP contribution in [0.3, 0.4) is 0 Å². The topological polar surface area (TPSA) is 49.3 Å². The number of nitrogens with one attached hydrogen (secondary N) is 1. The van der Waals surface area contributed by atoms with Crippen molar-refractivity contribution in [3.05, 3.63) is 23.0 Å². The molecular formula is C11H11ClFNO2. The van der Waals surface area contributed by atoms with Crippen LogP contribution in [-0.4, -0.2) is 11.0 Å². The molecule has 16 heavy (non-hydrogen) atoms. The molecule has 5 heteroatoms. The minimum Gasteiger partial charge on any atom is -0.505 e. The van der Waals surface area contributed by atoms with Crippen LogP contribution in [-0.2, 0) is 4.79 Å². The van der Waals surface area contributed by atoms with Crippen LogP contribution < -0.4 is 5.32 Å². The summed E-state index contributed by atoms with van der Waals surface area (Å²) < 4.78 is 13.1. The summed E-state index contributed by atoms with van der Waals surface area (Å²) in [4.78, 5) is 11.7. The Morgan fingerprint density at radius 2 is 2.19 bits per heavy atom. The Labute approximate surface area is 97.2 Å². The second-order valence-electron chi connectivity index (χ2n) is 4.30. The predicted molar refractivity (Wildman–Crippen MR) is 59.0 cm³/mol. The fourth-order valence-electron chi connectivity index (χ4n) is 1.32. The molecule has 0 spiro atoms. The fourth-order valence-corrected chi connectivity index (χ4v) is 1.53. The van der Waals surface area contributed by atoms with Crippen LogP contribution >= 0.6 is 11.6 Å². The number of aromatic hydroxyl groups is 1. The summed E-state index contributed by atoms with van der Waals surface area (Å²) in [7, 11) is 0. The highest BCUT2D eigenvalue weighted by molar-refractivity contribution is 6.33. The third kappa shape index (κ3) is 1.97. The molecule has 0 bridgehead atoms. The molecule has 1 aliphatic rings. The minimum atomic E-state index is -0.805. The second-order valence-corrected chi connectivity index (χ2v) is 4.71. The highest BCUT2D eigenvalue weighted by Crippen LogP contribution is 2.46. The van der Waals surface area contributed by atoms with Gasteiger partial charge in [0.25, 0.3) is 0 Å². The Hall–Kier alpha value is -1.29. The molecule has 0 aromatic heterocycles. The van der Waals surface area contributed by atoms with Crippen molar-refractivity contribution in [2.75, 3.05) is 5.32 Å². The number of hydrogen-bond acceptors (Lipinski definition) is 2. The monoisotopic (exact) mass is 243 g/mol. The molecule has 1 fully saturated rings. The molecular weight excluding hydrogens is 233 g/mol. The molecule has 1 aromatic rings. The first-order valence-electron chi connectivity index (χ1n) is 4.92. The lowest BCUT2D eigenvalue weighted by atomic mass is 10.1. The van der Waals surface area contributed by atoms with E-state index in [2.05, 4.69) is 5.32 Å². The SMILES string of the molecule is CC1(C(=O)Nc2cc(F)c(O)cc2Cl)CC1. The zero-order valence-corrected chi connectivity index (χ0v) is 9.44. The summed E-state index contributed by atoms with van der Waals surface area (Å²) >= 11 is 5.77. The molecule has 0 aliphatic heterocycles. The minimum absolute atomic E-state index is 0.122. The van der Waals surface area contributed by atoms with E-state index >= 15 is 0 Å². The molecule has 0 atom stereocenters. The van der Waals surface area contributed by atoms with E-state index in [9.17, 15) is 9.18 Å². The third-order valence-electron chi connectivity index (χ3n) is 2.83. The molecule has 0 saturated heterocycles. The van der Waals surface area contributed by atoms with Gasteiger partial charge in [-0.1, -0.05) is 18.5 Å². The highest BCUT2D eigenvalue weighted by Gasteiger charge is 2.45. The summed E-state index contributed by atoms with van der Waals surface area (Å²) in [6, 6.07) is 2.09. The van der Waals surface area contributed by atoms with Gasteiger partial charge < -0.3 is 10.4 Å². The first-order valence-corrected chi connectivity index (χ1v) is 5.30. The molecule has 0 unspecified atom stereocenters. The average Bonchev–Trinajstić information content (AvgIpc) is 2.94. The lowest BCUT2D eigenvalue weighted by molar-refractivity contribution is -0.120. The molecule has 0 radical (unpaired) electrons. The number of anilines is 1. The zero-order valence-electron chi connectivity index (χ0n) is 8.68. The van der Waals surface area contributed by atoms with Gasteiger partial charge in [-0.25, -0.2) is 4.39 Å². The Morgan fingerprint density at radius 3 is 2.75 bits per heavy atom. The summed E-state index contributed by atoms with van der Waals surface area (Å²) in [5.74, 6) is -1.50. The van der Waals surface area contributed by atoms with Crippen molar-refractivity contribution in [2.24, 2.45) is 5.41 Å². The number of hydrogen-bond donors (Lipinski definition) is 2. The third-order valence-corrected chi connectivity index (χ3v) is 3.15. The van der Waals surface area contributed by atoms with Crippen molar-refractivity contribution in [1.82, 2.24) is 0 Å². The van der Waals surface area contributed by atoms with Crippen LogP contribution in [0.2, 0.25) is 5.02 Å². The van der Waals surface area contributed by atoms with Gasteiger partial charge in [-0.15, -0.1) is 0 Å². The number of amides is 1. The van der Waals surface area contributed by atoms with E-state index in [1.54, 1.807) is 0 Å². The number of benzene rings is 1. The van der Waals surface area contributed by atoms with Gasteiger partial charge in [0.1, 0.15) is 0 Å². The van der Waals surface area contributed by atoms with Crippen LogP contribution in [0.5, 0.6) is 5.75 Å². The van der Waals surface area contributed by atoms with Crippen molar-refractivity contribution >= 4 is 23.2 Å². The number of carbonyl (C=O) groups excluding carboxylic acids is 1. The van der Waals surface area contributed by atoms with E-state index in [0.29, 0.717) is 0 Å². The van der Waals surface area contributed by atoms with Crippen LogP contribution in [0.4, 0.5) is 10.1 Å². The van der Waals surface area contributed by atoms with E-state index in [1.165, 1.54) is 0 Å². The maximum Gasteiger partial charge on any atom is 0.230 e.